The van der Waals surface area contributed by atoms with E-state index >= 15 is 4.39 Å². The number of hydrogen-bond donors (Lipinski definition) is 2. The molecule has 3 aromatic rings. The second-order valence-corrected chi connectivity index (χ2v) is 12.7. The summed E-state index contributed by atoms with van der Waals surface area (Å²) in [6.07, 6.45) is -1.20. The third-order valence-electron chi connectivity index (χ3n) is 8.45. The molecule has 0 spiro atoms. The molecule has 0 bridgehead atoms. The summed E-state index contributed by atoms with van der Waals surface area (Å²) in [5, 5.41) is 3.05. The number of anilines is 3. The van der Waals surface area contributed by atoms with Crippen LogP contribution in [0.2, 0.25) is 0 Å². The van der Waals surface area contributed by atoms with E-state index in [9.17, 15) is 22.4 Å². The Kier molecular flexibility index (Phi) is 10.4. The van der Waals surface area contributed by atoms with Gasteiger partial charge < -0.3 is 25.6 Å². The number of nitrogens with two attached hydrogens (primary N) is 1. The lowest BCUT2D eigenvalue weighted by Crippen LogP contribution is -2.39. The number of esters is 1. The molecule has 250 valence electrons. The maximum Gasteiger partial charge on any atom is 0.416 e. The minimum absolute atomic E-state index is 0.0499. The summed E-state index contributed by atoms with van der Waals surface area (Å²) in [5.41, 5.74) is 5.26. The number of alkyl halides is 3. The van der Waals surface area contributed by atoms with Gasteiger partial charge in [0.25, 0.3) is 0 Å². The monoisotopic (exact) mass is 668 g/mol. The molecule has 2 aliphatic heterocycles. The van der Waals surface area contributed by atoms with Crippen LogP contribution in [-0.4, -0.2) is 82.3 Å². The van der Waals surface area contributed by atoms with E-state index < -0.39 is 23.4 Å². The first kappa shape index (κ1) is 33.9. The topological polar surface area (TPSA) is 113 Å². The van der Waals surface area contributed by atoms with E-state index in [2.05, 4.69) is 20.3 Å². The minimum atomic E-state index is -4.76. The third kappa shape index (κ3) is 7.73. The van der Waals surface area contributed by atoms with Crippen molar-refractivity contribution in [3.05, 3.63) is 46.6 Å². The van der Waals surface area contributed by atoms with E-state index in [1.165, 1.54) is 6.33 Å². The zero-order chi connectivity index (χ0) is 33.2. The Morgan fingerprint density at radius 1 is 1.20 bits per heavy atom. The molecule has 5 rings (SSSR count). The number of nitrogens with one attached hydrogen (secondary N) is 1. The van der Waals surface area contributed by atoms with Crippen LogP contribution in [0.4, 0.5) is 38.7 Å². The lowest BCUT2D eigenvalue weighted by Gasteiger charge is -2.25. The number of ether oxygens (including phenoxy) is 1. The van der Waals surface area contributed by atoms with Gasteiger partial charge in [-0.05, 0) is 58.4 Å². The molecule has 10 nitrogen and oxygen atoms in total. The number of nitrogens with zero attached hydrogens (tertiary/aromatic N) is 6. The molecular weight excluding hydrogens is 631 g/mol. The van der Waals surface area contributed by atoms with E-state index in [4.69, 9.17) is 10.5 Å². The summed E-state index contributed by atoms with van der Waals surface area (Å²) in [4.78, 5) is 30.9. The fraction of sp³-hybridized carbons (Fsp3) is 0.533. The summed E-state index contributed by atoms with van der Waals surface area (Å²) in [6.45, 7) is 5.87. The molecular formula is C30H37F5N8O2S. The summed E-state index contributed by atoms with van der Waals surface area (Å²) >= 11 is 1.11. The Labute approximate surface area is 267 Å². The molecule has 16 heteroatoms. The summed E-state index contributed by atoms with van der Waals surface area (Å²) < 4.78 is 76.0. The Hall–Kier alpha value is -3.47. The van der Waals surface area contributed by atoms with Gasteiger partial charge in [0.15, 0.2) is 16.8 Å². The maximum absolute atomic E-state index is 15.8. The van der Waals surface area contributed by atoms with Gasteiger partial charge in [0, 0.05) is 48.7 Å². The molecule has 2 aliphatic rings. The van der Waals surface area contributed by atoms with Crippen molar-refractivity contribution in [2.75, 3.05) is 43.5 Å². The van der Waals surface area contributed by atoms with Gasteiger partial charge in [-0.15, -0.1) is 0 Å². The molecule has 0 unspecified atom stereocenters. The second kappa shape index (κ2) is 14.1. The zero-order valence-corrected chi connectivity index (χ0v) is 26.6. The molecule has 0 radical (unpaired) electrons. The van der Waals surface area contributed by atoms with Gasteiger partial charge in [-0.25, -0.2) is 19.3 Å². The van der Waals surface area contributed by atoms with Gasteiger partial charge in [-0.2, -0.15) is 17.6 Å². The molecule has 2 aromatic heterocycles. The Morgan fingerprint density at radius 3 is 2.67 bits per heavy atom. The van der Waals surface area contributed by atoms with Crippen LogP contribution >= 0.6 is 11.3 Å². The lowest BCUT2D eigenvalue weighted by molar-refractivity contribution is -0.143. The number of aromatic nitrogens is 3. The first-order chi connectivity index (χ1) is 21.8. The number of hydrogen-bond acceptors (Lipinski definition) is 11. The van der Waals surface area contributed by atoms with Crippen LogP contribution in [0.3, 0.4) is 0 Å². The van der Waals surface area contributed by atoms with Crippen molar-refractivity contribution in [3.8, 4) is 11.3 Å². The molecule has 3 N–H and O–H groups in total. The van der Waals surface area contributed by atoms with Crippen LogP contribution in [0.1, 0.15) is 50.0 Å². The predicted molar refractivity (Wildman–Crippen MR) is 164 cm³/mol. The number of likely N-dealkylation sites (tertiary alicyclic amines) is 1. The number of carbonyl (C=O) groups is 1. The van der Waals surface area contributed by atoms with E-state index in [-0.39, 0.29) is 65.2 Å². The van der Waals surface area contributed by atoms with Crippen molar-refractivity contribution in [1.29, 1.82) is 0 Å². The zero-order valence-electron chi connectivity index (χ0n) is 25.8. The SMILES string of the molecule is CCOC(=O)CCN(C)[C@H]1CCN(c2ncnc(Nc3nc(-c4cc(F)cc(C(F)(F)F)c4)c(CN4[C@H](C)CC[C@H]4N)s3)c2F)C1. The van der Waals surface area contributed by atoms with Crippen LogP contribution in [0, 0.1) is 11.6 Å². The van der Waals surface area contributed by atoms with E-state index in [1.54, 1.807) is 11.8 Å². The summed E-state index contributed by atoms with van der Waals surface area (Å²) in [7, 11) is 1.90. The standard InChI is InChI=1S/C30H37F5N8O2S/c1-4-45-24(44)8-9-41(3)21-7-10-42(14-21)28-25(32)27(37-16-38-28)40-29-39-26(18-11-19(30(33,34)35)13-20(31)12-18)22(46-29)15-43-17(2)5-6-23(43)36/h11-13,16-17,21,23H,4-10,14-15,36H2,1-3H3,(H,37,38,39,40)/t17-,21+,23+/m1/s1. The van der Waals surface area contributed by atoms with E-state index in [0.29, 0.717) is 37.2 Å². The molecule has 0 amide bonds. The van der Waals surface area contributed by atoms with Gasteiger partial charge in [-0.1, -0.05) is 11.3 Å². The summed E-state index contributed by atoms with van der Waals surface area (Å²) in [5.74, 6) is -2.10. The van der Waals surface area contributed by atoms with E-state index in [0.717, 1.165) is 42.7 Å². The first-order valence-corrected chi connectivity index (χ1v) is 15.9. The first-order valence-electron chi connectivity index (χ1n) is 15.1. The molecule has 0 saturated carbocycles. The lowest BCUT2D eigenvalue weighted by atomic mass is 10.1. The highest BCUT2D eigenvalue weighted by molar-refractivity contribution is 7.16. The van der Waals surface area contributed by atoms with Crippen LogP contribution in [0.5, 0.6) is 0 Å². The predicted octanol–water partition coefficient (Wildman–Crippen LogP) is 5.37. The van der Waals surface area contributed by atoms with Gasteiger partial charge in [0.2, 0.25) is 5.82 Å². The Balaban J connectivity index is 1.39. The molecule has 46 heavy (non-hydrogen) atoms. The van der Waals surface area contributed by atoms with Gasteiger partial charge in [-0.3, -0.25) is 9.69 Å². The number of carbonyl (C=O) groups excluding carboxylic acids is 1. The van der Waals surface area contributed by atoms with Crippen molar-refractivity contribution in [2.45, 2.75) is 70.5 Å². The highest BCUT2D eigenvalue weighted by atomic mass is 32.1. The van der Waals surface area contributed by atoms with Crippen LogP contribution in [-0.2, 0) is 22.3 Å². The van der Waals surface area contributed by atoms with Crippen molar-refractivity contribution >= 4 is 34.1 Å². The number of likely N-dealkylation sites (N-methyl/N-ethyl adjacent to an activating group) is 1. The van der Waals surface area contributed by atoms with Crippen LogP contribution < -0.4 is 16.0 Å². The smallest absolute Gasteiger partial charge is 0.416 e. The van der Waals surface area contributed by atoms with Gasteiger partial charge >= 0.3 is 12.1 Å². The number of benzene rings is 1. The van der Waals surface area contributed by atoms with Gasteiger partial charge in [0.1, 0.15) is 12.1 Å². The second-order valence-electron chi connectivity index (χ2n) is 11.6. The quantitative estimate of drug-likeness (QED) is 0.204. The fourth-order valence-electron chi connectivity index (χ4n) is 5.88. The highest BCUT2D eigenvalue weighted by Gasteiger charge is 2.34. The van der Waals surface area contributed by atoms with E-state index in [1.807, 2.05) is 23.8 Å². The van der Waals surface area contributed by atoms with Crippen LogP contribution in [0.15, 0.2) is 24.5 Å². The average molecular weight is 669 g/mol. The Morgan fingerprint density at radius 2 is 1.98 bits per heavy atom. The summed E-state index contributed by atoms with van der Waals surface area (Å²) in [6, 6.07) is 2.48. The third-order valence-corrected chi connectivity index (χ3v) is 9.41. The largest absolute Gasteiger partial charge is 0.466 e. The van der Waals surface area contributed by atoms with Crippen molar-refractivity contribution in [1.82, 2.24) is 24.8 Å². The number of halogens is 5. The van der Waals surface area contributed by atoms with Crippen molar-refractivity contribution in [2.24, 2.45) is 5.73 Å². The number of thiazole rings is 1. The molecule has 0 aliphatic carbocycles. The highest BCUT2D eigenvalue weighted by Crippen LogP contribution is 2.39. The number of rotatable bonds is 11. The van der Waals surface area contributed by atoms with Crippen molar-refractivity contribution < 1.29 is 31.5 Å². The van der Waals surface area contributed by atoms with Gasteiger partial charge in [0.05, 0.1) is 30.5 Å². The average Bonchev–Trinajstić information content (AvgIpc) is 3.73. The molecule has 2 fully saturated rings. The fourth-order valence-corrected chi connectivity index (χ4v) is 6.88. The maximum atomic E-state index is 15.8. The Bertz CT molecular complexity index is 1530. The molecule has 1 aromatic carbocycles. The molecule has 4 heterocycles. The normalized spacial score (nSPS) is 20.6. The molecule has 2 saturated heterocycles. The van der Waals surface area contributed by atoms with Crippen LogP contribution in [0.25, 0.3) is 11.3 Å². The molecule has 3 atom stereocenters. The van der Waals surface area contributed by atoms with Crippen molar-refractivity contribution in [3.63, 3.8) is 0 Å². The minimum Gasteiger partial charge on any atom is -0.466 e.